The lowest BCUT2D eigenvalue weighted by Gasteiger charge is -2.20. The third-order valence-corrected chi connectivity index (χ3v) is 2.25. The molecule has 0 fully saturated rings. The van der Waals surface area contributed by atoms with E-state index in [4.69, 9.17) is 15.2 Å². The Labute approximate surface area is 104 Å². The fraction of sp³-hybridized carbons (Fsp3) is 0.571. The molecule has 0 radical (unpaired) electrons. The Kier molecular flexibility index (Phi) is 5.45. The largest absolute Gasteiger partial charge is 0.491 e. The summed E-state index contributed by atoms with van der Waals surface area (Å²) in [7, 11) is 0. The molecule has 0 spiro atoms. The monoisotopic (exact) mass is 237 g/mol. The zero-order valence-electron chi connectivity index (χ0n) is 11.1. The van der Waals surface area contributed by atoms with Crippen molar-refractivity contribution in [2.45, 2.75) is 46.0 Å². The summed E-state index contributed by atoms with van der Waals surface area (Å²) in [5.41, 5.74) is 6.81. The predicted molar refractivity (Wildman–Crippen MR) is 70.2 cm³/mol. The van der Waals surface area contributed by atoms with Crippen LogP contribution in [-0.4, -0.2) is 18.8 Å². The Morgan fingerprint density at radius 3 is 2.35 bits per heavy atom. The van der Waals surface area contributed by atoms with E-state index in [1.54, 1.807) is 0 Å². The van der Waals surface area contributed by atoms with Crippen molar-refractivity contribution in [1.82, 2.24) is 0 Å². The quantitative estimate of drug-likeness (QED) is 0.827. The van der Waals surface area contributed by atoms with Crippen LogP contribution in [-0.2, 0) is 4.74 Å². The van der Waals surface area contributed by atoms with E-state index in [1.807, 2.05) is 52.0 Å². The van der Waals surface area contributed by atoms with E-state index in [9.17, 15) is 0 Å². The summed E-state index contributed by atoms with van der Waals surface area (Å²) in [6.45, 7) is 8.52. The van der Waals surface area contributed by atoms with Gasteiger partial charge < -0.3 is 15.2 Å². The van der Waals surface area contributed by atoms with E-state index in [-0.39, 0.29) is 18.3 Å². The molecule has 0 aliphatic carbocycles. The highest BCUT2D eigenvalue weighted by molar-refractivity contribution is 5.30. The standard InChI is InChI=1S/C14H23NO2/c1-10(2)16-13-7-5-6-12(8-13)14(9-15)17-11(3)4/h5-8,10-11,14H,9,15H2,1-4H3. The van der Waals surface area contributed by atoms with Crippen LogP contribution in [0.2, 0.25) is 0 Å². The molecule has 0 heterocycles. The van der Waals surface area contributed by atoms with Gasteiger partial charge in [0, 0.05) is 6.54 Å². The molecule has 1 rings (SSSR count). The van der Waals surface area contributed by atoms with E-state index in [1.165, 1.54) is 0 Å². The third kappa shape index (κ3) is 4.75. The van der Waals surface area contributed by atoms with Gasteiger partial charge in [-0.25, -0.2) is 0 Å². The molecule has 3 heteroatoms. The lowest BCUT2D eigenvalue weighted by atomic mass is 10.1. The zero-order valence-corrected chi connectivity index (χ0v) is 11.1. The molecule has 0 saturated carbocycles. The van der Waals surface area contributed by atoms with Gasteiger partial charge >= 0.3 is 0 Å². The molecule has 3 nitrogen and oxygen atoms in total. The van der Waals surface area contributed by atoms with Crippen molar-refractivity contribution in [3.63, 3.8) is 0 Å². The summed E-state index contributed by atoms with van der Waals surface area (Å²) >= 11 is 0. The van der Waals surface area contributed by atoms with E-state index in [0.29, 0.717) is 6.54 Å². The van der Waals surface area contributed by atoms with Gasteiger partial charge in [-0.1, -0.05) is 12.1 Å². The van der Waals surface area contributed by atoms with Crippen molar-refractivity contribution < 1.29 is 9.47 Å². The molecule has 0 aliphatic heterocycles. The first-order valence-electron chi connectivity index (χ1n) is 6.15. The van der Waals surface area contributed by atoms with Gasteiger partial charge in [0.1, 0.15) is 5.75 Å². The van der Waals surface area contributed by atoms with Crippen molar-refractivity contribution in [3.8, 4) is 5.75 Å². The maximum Gasteiger partial charge on any atom is 0.120 e. The summed E-state index contributed by atoms with van der Waals surface area (Å²) in [4.78, 5) is 0. The van der Waals surface area contributed by atoms with Crippen molar-refractivity contribution in [2.24, 2.45) is 5.73 Å². The molecule has 0 saturated heterocycles. The van der Waals surface area contributed by atoms with Crippen LogP contribution in [0.25, 0.3) is 0 Å². The first-order valence-corrected chi connectivity index (χ1v) is 6.15. The normalized spacial score (nSPS) is 13.1. The third-order valence-electron chi connectivity index (χ3n) is 2.25. The van der Waals surface area contributed by atoms with Gasteiger partial charge in [0.05, 0.1) is 18.3 Å². The van der Waals surface area contributed by atoms with Gasteiger partial charge in [-0.05, 0) is 45.4 Å². The van der Waals surface area contributed by atoms with Crippen LogP contribution in [0, 0.1) is 0 Å². The number of rotatable bonds is 6. The van der Waals surface area contributed by atoms with Crippen LogP contribution >= 0.6 is 0 Å². The van der Waals surface area contributed by atoms with Gasteiger partial charge in [-0.15, -0.1) is 0 Å². The molecule has 0 aliphatic rings. The topological polar surface area (TPSA) is 44.5 Å². The molecule has 1 aromatic rings. The van der Waals surface area contributed by atoms with Crippen LogP contribution in [0.4, 0.5) is 0 Å². The summed E-state index contributed by atoms with van der Waals surface area (Å²) in [6, 6.07) is 7.94. The van der Waals surface area contributed by atoms with Gasteiger partial charge in [0.25, 0.3) is 0 Å². The van der Waals surface area contributed by atoms with Crippen molar-refractivity contribution in [2.75, 3.05) is 6.54 Å². The second kappa shape index (κ2) is 6.62. The van der Waals surface area contributed by atoms with Crippen LogP contribution in [0.15, 0.2) is 24.3 Å². The molecule has 2 N–H and O–H groups in total. The van der Waals surface area contributed by atoms with Crippen molar-refractivity contribution >= 4 is 0 Å². The van der Waals surface area contributed by atoms with Gasteiger partial charge in [0.2, 0.25) is 0 Å². The van der Waals surface area contributed by atoms with E-state index < -0.39 is 0 Å². The Morgan fingerprint density at radius 1 is 1.12 bits per heavy atom. The Morgan fingerprint density at radius 2 is 1.82 bits per heavy atom. The van der Waals surface area contributed by atoms with Crippen LogP contribution < -0.4 is 10.5 Å². The van der Waals surface area contributed by atoms with Crippen molar-refractivity contribution in [1.29, 1.82) is 0 Å². The molecule has 1 atom stereocenters. The first-order chi connectivity index (χ1) is 8.02. The van der Waals surface area contributed by atoms with E-state index in [2.05, 4.69) is 0 Å². The van der Waals surface area contributed by atoms with Gasteiger partial charge in [-0.2, -0.15) is 0 Å². The first kappa shape index (κ1) is 14.0. The second-order valence-electron chi connectivity index (χ2n) is 4.65. The molecule has 0 bridgehead atoms. The summed E-state index contributed by atoms with van der Waals surface area (Å²) < 4.78 is 11.4. The van der Waals surface area contributed by atoms with E-state index in [0.717, 1.165) is 11.3 Å². The smallest absolute Gasteiger partial charge is 0.120 e. The SMILES string of the molecule is CC(C)Oc1cccc(C(CN)OC(C)C)c1. The second-order valence-corrected chi connectivity index (χ2v) is 4.65. The van der Waals surface area contributed by atoms with Crippen LogP contribution in [0.1, 0.15) is 39.4 Å². The molecular formula is C14H23NO2. The Balaban J connectivity index is 2.81. The molecule has 17 heavy (non-hydrogen) atoms. The summed E-state index contributed by atoms with van der Waals surface area (Å²) in [5, 5.41) is 0. The van der Waals surface area contributed by atoms with Gasteiger partial charge in [-0.3, -0.25) is 0 Å². The maximum absolute atomic E-state index is 5.76. The summed E-state index contributed by atoms with van der Waals surface area (Å²) in [5.74, 6) is 0.864. The predicted octanol–water partition coefficient (Wildman–Crippen LogP) is 2.90. The number of hydrogen-bond donors (Lipinski definition) is 1. The average molecular weight is 237 g/mol. The average Bonchev–Trinajstić information content (AvgIpc) is 2.25. The summed E-state index contributed by atoms with van der Waals surface area (Å²) in [6.07, 6.45) is 0.275. The molecule has 1 unspecified atom stereocenters. The molecular weight excluding hydrogens is 214 g/mol. The number of hydrogen-bond acceptors (Lipinski definition) is 3. The highest BCUT2D eigenvalue weighted by Gasteiger charge is 2.12. The van der Waals surface area contributed by atoms with Crippen LogP contribution in [0.3, 0.4) is 0 Å². The zero-order chi connectivity index (χ0) is 12.8. The number of ether oxygens (including phenoxy) is 2. The molecule has 0 amide bonds. The molecule has 0 aromatic heterocycles. The minimum absolute atomic E-state index is 0.0642. The lowest BCUT2D eigenvalue weighted by molar-refractivity contribution is 0.0118. The number of benzene rings is 1. The van der Waals surface area contributed by atoms with Crippen LogP contribution in [0.5, 0.6) is 5.75 Å². The highest BCUT2D eigenvalue weighted by atomic mass is 16.5. The minimum atomic E-state index is -0.0642. The number of nitrogens with two attached hydrogens (primary N) is 1. The van der Waals surface area contributed by atoms with E-state index >= 15 is 0 Å². The lowest BCUT2D eigenvalue weighted by Crippen LogP contribution is -2.19. The van der Waals surface area contributed by atoms with Gasteiger partial charge in [0.15, 0.2) is 0 Å². The Bertz CT molecular complexity index is 337. The molecule has 1 aromatic carbocycles. The van der Waals surface area contributed by atoms with Crippen molar-refractivity contribution in [3.05, 3.63) is 29.8 Å². The fourth-order valence-corrected chi connectivity index (χ4v) is 1.66. The Hall–Kier alpha value is -1.06. The highest BCUT2D eigenvalue weighted by Crippen LogP contribution is 2.23. The maximum atomic E-state index is 5.76. The minimum Gasteiger partial charge on any atom is -0.491 e. The fourth-order valence-electron chi connectivity index (χ4n) is 1.66. The molecule has 96 valence electrons.